The maximum Gasteiger partial charge on any atom is 0.0737 e. The molecule has 0 amide bonds. The number of hydrogen-bond acceptors (Lipinski definition) is 3. The molecule has 0 bridgehead atoms. The molecule has 0 atom stereocenters. The van der Waals surface area contributed by atoms with E-state index in [1.807, 2.05) is 18.3 Å². The summed E-state index contributed by atoms with van der Waals surface area (Å²) in [7, 11) is 0. The van der Waals surface area contributed by atoms with Crippen LogP contribution in [-0.2, 0) is 6.54 Å². The molecule has 0 radical (unpaired) electrons. The smallest absolute Gasteiger partial charge is 0.0737 e. The Morgan fingerprint density at radius 1 is 0.765 bits per heavy atom. The lowest BCUT2D eigenvalue weighted by atomic mass is 9.90. The summed E-state index contributed by atoms with van der Waals surface area (Å²) >= 11 is 6.12. The lowest BCUT2D eigenvalue weighted by Crippen LogP contribution is -2.36. The highest BCUT2D eigenvalue weighted by atomic mass is 35.5. The third-order valence-electron chi connectivity index (χ3n) is 6.45. The Bertz CT molecular complexity index is 1170. The average molecular weight is 515 g/mol. The SMILES string of the molecule is Cl.Cl.Clc1ccc2c(N[C@H]3CC[C@@H](NCc4ccc(-c5ccccc5)cc4)CC3)ccnc2c1. The van der Waals surface area contributed by atoms with Crippen LogP contribution in [0.15, 0.2) is 85.1 Å². The van der Waals surface area contributed by atoms with Gasteiger partial charge in [0.25, 0.3) is 0 Å². The molecule has 0 aliphatic heterocycles. The van der Waals surface area contributed by atoms with E-state index in [4.69, 9.17) is 11.6 Å². The fourth-order valence-electron chi connectivity index (χ4n) is 4.62. The van der Waals surface area contributed by atoms with Crippen LogP contribution in [0.2, 0.25) is 5.02 Å². The molecule has 34 heavy (non-hydrogen) atoms. The first-order chi connectivity index (χ1) is 15.7. The minimum absolute atomic E-state index is 0. The lowest BCUT2D eigenvalue weighted by molar-refractivity contribution is 0.353. The number of fused-ring (bicyclic) bond motifs is 1. The van der Waals surface area contributed by atoms with Crippen molar-refractivity contribution >= 4 is 53.0 Å². The largest absolute Gasteiger partial charge is 0.382 e. The number of rotatable bonds is 6. The first-order valence-corrected chi connectivity index (χ1v) is 11.8. The summed E-state index contributed by atoms with van der Waals surface area (Å²) in [6.07, 6.45) is 6.57. The minimum atomic E-state index is 0. The fraction of sp³-hybridized carbons (Fsp3) is 0.250. The summed E-state index contributed by atoms with van der Waals surface area (Å²) in [5.74, 6) is 0. The van der Waals surface area contributed by atoms with Gasteiger partial charge in [-0.15, -0.1) is 24.8 Å². The molecule has 178 valence electrons. The topological polar surface area (TPSA) is 37.0 Å². The number of pyridine rings is 1. The van der Waals surface area contributed by atoms with Gasteiger partial charge >= 0.3 is 0 Å². The van der Waals surface area contributed by atoms with Crippen molar-refractivity contribution in [2.24, 2.45) is 0 Å². The number of nitrogens with one attached hydrogen (secondary N) is 2. The highest BCUT2D eigenvalue weighted by Gasteiger charge is 2.21. The van der Waals surface area contributed by atoms with E-state index in [9.17, 15) is 0 Å². The minimum Gasteiger partial charge on any atom is -0.382 e. The molecule has 3 nitrogen and oxygen atoms in total. The third kappa shape index (κ3) is 6.43. The Balaban J connectivity index is 0.00000162. The molecule has 3 aromatic carbocycles. The van der Waals surface area contributed by atoms with Crippen LogP contribution >= 0.6 is 36.4 Å². The van der Waals surface area contributed by atoms with Gasteiger partial charge in [-0.25, -0.2) is 0 Å². The van der Waals surface area contributed by atoms with Gasteiger partial charge in [0, 0.05) is 40.9 Å². The van der Waals surface area contributed by atoms with E-state index < -0.39 is 0 Å². The van der Waals surface area contributed by atoms with Crippen LogP contribution in [0.3, 0.4) is 0 Å². The molecule has 1 fully saturated rings. The van der Waals surface area contributed by atoms with Crippen LogP contribution in [0.5, 0.6) is 0 Å². The molecule has 5 rings (SSSR count). The second-order valence-corrected chi connectivity index (χ2v) is 9.09. The molecule has 1 aliphatic carbocycles. The predicted octanol–water partition coefficient (Wildman–Crippen LogP) is 7.91. The standard InChI is InChI=1S/C28H28ClN3.2ClH/c29-23-10-15-26-27(16-17-30-28(26)18-23)32-25-13-11-24(12-14-25)31-19-20-6-8-22(9-7-20)21-4-2-1-3-5-21;;/h1-10,15-18,24-25,31H,11-14,19H2,(H,30,32);2*1H/t24-,25+;;. The molecule has 2 N–H and O–H groups in total. The van der Waals surface area contributed by atoms with Gasteiger partial charge in [0.05, 0.1) is 5.52 Å². The van der Waals surface area contributed by atoms with Crippen molar-refractivity contribution in [3.63, 3.8) is 0 Å². The van der Waals surface area contributed by atoms with Crippen LogP contribution in [0, 0.1) is 0 Å². The van der Waals surface area contributed by atoms with E-state index in [0.717, 1.165) is 28.2 Å². The monoisotopic (exact) mass is 513 g/mol. The van der Waals surface area contributed by atoms with E-state index in [-0.39, 0.29) is 24.8 Å². The van der Waals surface area contributed by atoms with E-state index in [2.05, 4.69) is 82.3 Å². The van der Waals surface area contributed by atoms with Crippen LogP contribution in [0.4, 0.5) is 5.69 Å². The van der Waals surface area contributed by atoms with Gasteiger partial charge in [0.1, 0.15) is 0 Å². The molecular weight excluding hydrogens is 485 g/mol. The zero-order valence-electron chi connectivity index (χ0n) is 18.9. The quantitative estimate of drug-likeness (QED) is 0.274. The Morgan fingerprint density at radius 3 is 2.18 bits per heavy atom. The van der Waals surface area contributed by atoms with Gasteiger partial charge < -0.3 is 10.6 Å². The number of hydrogen-bond donors (Lipinski definition) is 2. The lowest BCUT2D eigenvalue weighted by Gasteiger charge is -2.30. The normalized spacial score (nSPS) is 17.4. The van der Waals surface area contributed by atoms with Crippen LogP contribution in [0.25, 0.3) is 22.0 Å². The van der Waals surface area contributed by atoms with Crippen LogP contribution in [-0.4, -0.2) is 17.1 Å². The second kappa shape index (κ2) is 12.4. The van der Waals surface area contributed by atoms with Gasteiger partial charge in [-0.05, 0) is 66.6 Å². The Morgan fingerprint density at radius 2 is 1.44 bits per heavy atom. The Hall–Kier alpha value is -2.30. The summed E-state index contributed by atoms with van der Waals surface area (Å²) < 4.78 is 0. The number of aromatic nitrogens is 1. The van der Waals surface area contributed by atoms with Crippen molar-refractivity contribution in [3.8, 4) is 11.1 Å². The van der Waals surface area contributed by atoms with Crippen LogP contribution < -0.4 is 10.6 Å². The Kier molecular flexibility index (Phi) is 9.61. The zero-order valence-corrected chi connectivity index (χ0v) is 21.3. The molecule has 0 saturated heterocycles. The van der Waals surface area contributed by atoms with Crippen molar-refractivity contribution in [3.05, 3.63) is 95.6 Å². The van der Waals surface area contributed by atoms with Crippen molar-refractivity contribution in [2.45, 2.75) is 44.3 Å². The summed E-state index contributed by atoms with van der Waals surface area (Å²) in [6.45, 7) is 0.924. The van der Waals surface area contributed by atoms with Crippen molar-refractivity contribution in [1.29, 1.82) is 0 Å². The van der Waals surface area contributed by atoms with Crippen molar-refractivity contribution in [2.75, 3.05) is 5.32 Å². The summed E-state index contributed by atoms with van der Waals surface area (Å²) in [4.78, 5) is 4.45. The maximum absolute atomic E-state index is 6.12. The molecule has 1 aliphatic rings. The van der Waals surface area contributed by atoms with E-state index >= 15 is 0 Å². The van der Waals surface area contributed by atoms with E-state index in [0.29, 0.717) is 12.1 Å². The molecule has 0 spiro atoms. The number of anilines is 1. The number of halogens is 3. The fourth-order valence-corrected chi connectivity index (χ4v) is 4.78. The summed E-state index contributed by atoms with van der Waals surface area (Å²) in [5.41, 5.74) is 5.97. The maximum atomic E-state index is 6.12. The van der Waals surface area contributed by atoms with Crippen LogP contribution in [0.1, 0.15) is 31.2 Å². The summed E-state index contributed by atoms with van der Waals surface area (Å²) in [6, 6.07) is 28.5. The van der Waals surface area contributed by atoms with Crippen molar-refractivity contribution < 1.29 is 0 Å². The van der Waals surface area contributed by atoms with E-state index in [1.165, 1.54) is 42.4 Å². The second-order valence-electron chi connectivity index (χ2n) is 8.66. The molecule has 1 aromatic heterocycles. The van der Waals surface area contributed by atoms with E-state index in [1.54, 1.807) is 0 Å². The van der Waals surface area contributed by atoms with Gasteiger partial charge in [-0.1, -0.05) is 66.2 Å². The molecule has 1 saturated carbocycles. The number of nitrogens with zero attached hydrogens (tertiary/aromatic N) is 1. The molecule has 1 heterocycles. The Labute approximate surface area is 219 Å². The van der Waals surface area contributed by atoms with Gasteiger partial charge in [-0.3, -0.25) is 4.98 Å². The van der Waals surface area contributed by atoms with Gasteiger partial charge in [-0.2, -0.15) is 0 Å². The van der Waals surface area contributed by atoms with Gasteiger partial charge in [0.2, 0.25) is 0 Å². The molecule has 0 unspecified atom stereocenters. The first-order valence-electron chi connectivity index (χ1n) is 11.4. The zero-order chi connectivity index (χ0) is 21.8. The highest BCUT2D eigenvalue weighted by Crippen LogP contribution is 2.28. The predicted molar refractivity (Wildman–Crippen MR) is 150 cm³/mol. The highest BCUT2D eigenvalue weighted by molar-refractivity contribution is 6.31. The summed E-state index contributed by atoms with van der Waals surface area (Å²) in [5, 5.41) is 9.37. The molecule has 6 heteroatoms. The third-order valence-corrected chi connectivity index (χ3v) is 6.68. The first kappa shape index (κ1) is 26.3. The number of benzene rings is 3. The average Bonchev–Trinajstić information content (AvgIpc) is 2.84. The van der Waals surface area contributed by atoms with Gasteiger partial charge in [0.15, 0.2) is 0 Å². The van der Waals surface area contributed by atoms with Crippen molar-refractivity contribution in [1.82, 2.24) is 10.3 Å². The molecule has 4 aromatic rings. The molecular formula is C28H30Cl3N3.